The van der Waals surface area contributed by atoms with Gasteiger partial charge in [0.2, 0.25) is 5.91 Å². The topological polar surface area (TPSA) is 107 Å². The maximum atomic E-state index is 13.6. The van der Waals surface area contributed by atoms with Gasteiger partial charge in [0.1, 0.15) is 33.8 Å². The highest BCUT2D eigenvalue weighted by atomic mass is 32.2. The van der Waals surface area contributed by atoms with Gasteiger partial charge < -0.3 is 10.6 Å². The van der Waals surface area contributed by atoms with Crippen LogP contribution in [-0.2, 0) is 4.79 Å². The molecule has 0 radical (unpaired) electrons. The average Bonchev–Trinajstić information content (AvgIpc) is 2.88. The number of likely N-dealkylation sites (tertiary alicyclic amines) is 1. The highest BCUT2D eigenvalue weighted by Gasteiger charge is 2.31. The molecule has 2 heterocycles. The Kier molecular flexibility index (Phi) is 7.15. The predicted octanol–water partition coefficient (Wildman–Crippen LogP) is 5.23. The summed E-state index contributed by atoms with van der Waals surface area (Å²) >= 11 is 1.23. The van der Waals surface area contributed by atoms with E-state index in [-0.39, 0.29) is 22.9 Å². The van der Waals surface area contributed by atoms with Crippen molar-refractivity contribution in [1.29, 1.82) is 10.5 Å². The zero-order valence-electron chi connectivity index (χ0n) is 19.0. The Bertz CT molecular complexity index is 1270. The Balaban J connectivity index is 1.83. The molecular weight excluding hydrogens is 442 g/mol. The van der Waals surface area contributed by atoms with Gasteiger partial charge in [-0.3, -0.25) is 4.79 Å². The van der Waals surface area contributed by atoms with Crippen molar-refractivity contribution in [3.63, 3.8) is 0 Å². The quantitative estimate of drug-likeness (QED) is 0.515. The lowest BCUT2D eigenvalue weighted by atomic mass is 9.96. The number of nitriles is 2. The number of anilines is 1. The molecule has 7 heteroatoms. The molecule has 170 valence electrons. The van der Waals surface area contributed by atoms with Crippen molar-refractivity contribution >= 4 is 23.5 Å². The van der Waals surface area contributed by atoms with E-state index >= 15 is 0 Å². The van der Waals surface area contributed by atoms with Crippen molar-refractivity contribution in [1.82, 2.24) is 9.88 Å². The fraction of sp³-hybridized carbons (Fsp3) is 0.259. The smallest absolute Gasteiger partial charge is 0.240 e. The van der Waals surface area contributed by atoms with Crippen LogP contribution in [0, 0.1) is 29.6 Å². The number of piperidine rings is 1. The third kappa shape index (κ3) is 4.76. The number of carbonyl (C=O) groups is 1. The van der Waals surface area contributed by atoms with Crippen LogP contribution >= 0.6 is 11.8 Å². The van der Waals surface area contributed by atoms with Gasteiger partial charge in [-0.25, -0.2) is 4.98 Å². The van der Waals surface area contributed by atoms with Crippen LogP contribution in [0.1, 0.15) is 46.8 Å². The van der Waals surface area contributed by atoms with E-state index in [2.05, 4.69) is 17.1 Å². The van der Waals surface area contributed by atoms with E-state index in [1.807, 2.05) is 66.4 Å². The fourth-order valence-corrected chi connectivity index (χ4v) is 5.36. The number of amides is 1. The minimum atomic E-state index is -0.572. The Morgan fingerprint density at radius 1 is 1.00 bits per heavy atom. The van der Waals surface area contributed by atoms with Crippen molar-refractivity contribution in [2.45, 2.75) is 36.5 Å². The number of rotatable bonds is 5. The van der Waals surface area contributed by atoms with Gasteiger partial charge in [-0.05, 0) is 37.3 Å². The van der Waals surface area contributed by atoms with Gasteiger partial charge in [0.25, 0.3) is 0 Å². The number of nitrogen functional groups attached to an aromatic ring is 1. The third-order valence-corrected chi connectivity index (χ3v) is 7.21. The summed E-state index contributed by atoms with van der Waals surface area (Å²) in [4.78, 5) is 19.9. The van der Waals surface area contributed by atoms with Crippen LogP contribution < -0.4 is 5.73 Å². The van der Waals surface area contributed by atoms with Crippen molar-refractivity contribution < 1.29 is 4.79 Å². The largest absolute Gasteiger partial charge is 0.383 e. The van der Waals surface area contributed by atoms with Gasteiger partial charge >= 0.3 is 0 Å². The molecule has 3 aromatic rings. The summed E-state index contributed by atoms with van der Waals surface area (Å²) in [5.41, 5.74) is 9.71. The van der Waals surface area contributed by atoms with Crippen LogP contribution in [0.3, 0.4) is 0 Å². The molecule has 0 spiro atoms. The van der Waals surface area contributed by atoms with Gasteiger partial charge in [-0.2, -0.15) is 10.5 Å². The van der Waals surface area contributed by atoms with Crippen molar-refractivity contribution in [2.24, 2.45) is 0 Å². The summed E-state index contributed by atoms with van der Waals surface area (Å²) in [7, 11) is 0. The first-order valence-corrected chi connectivity index (χ1v) is 12.1. The normalized spacial score (nSPS) is 14.1. The Morgan fingerprint density at radius 3 is 2.26 bits per heavy atom. The van der Waals surface area contributed by atoms with E-state index in [1.165, 1.54) is 11.8 Å². The molecule has 1 atom stereocenters. The molecule has 2 aromatic carbocycles. The number of aryl methyl sites for hydroxylation is 1. The van der Waals surface area contributed by atoms with Crippen LogP contribution in [0.15, 0.2) is 59.6 Å². The Morgan fingerprint density at radius 2 is 1.65 bits per heavy atom. The molecule has 1 saturated heterocycles. The van der Waals surface area contributed by atoms with Crippen molar-refractivity contribution in [2.75, 3.05) is 18.8 Å². The summed E-state index contributed by atoms with van der Waals surface area (Å²) in [5.74, 6) is 0.0539. The molecule has 1 aliphatic heterocycles. The van der Waals surface area contributed by atoms with Crippen LogP contribution in [-0.4, -0.2) is 28.9 Å². The first-order chi connectivity index (χ1) is 16.5. The molecule has 1 aliphatic rings. The molecule has 1 amide bonds. The maximum Gasteiger partial charge on any atom is 0.240 e. The zero-order chi connectivity index (χ0) is 24.1. The lowest BCUT2D eigenvalue weighted by molar-refractivity contribution is -0.131. The number of nitrogens with two attached hydrogens (primary N) is 1. The number of aromatic nitrogens is 1. The standard InChI is InChI=1S/C27H25N5OS/c1-18-10-12-19(13-11-18)23-21(16-28)25(30)31-26(22(23)17-29)34-24(20-8-4-2-5-9-20)27(33)32-14-6-3-7-15-32/h2,4-5,8-13,24H,3,6-7,14-15H2,1H3,(H2,30,31). The number of thioether (sulfide) groups is 1. The molecule has 1 fully saturated rings. The number of pyridine rings is 1. The van der Waals surface area contributed by atoms with Gasteiger partial charge in [0.15, 0.2) is 0 Å². The van der Waals surface area contributed by atoms with E-state index < -0.39 is 5.25 Å². The maximum absolute atomic E-state index is 13.6. The molecule has 34 heavy (non-hydrogen) atoms. The highest BCUT2D eigenvalue weighted by molar-refractivity contribution is 8.00. The number of carbonyl (C=O) groups excluding carboxylic acids is 1. The summed E-state index contributed by atoms with van der Waals surface area (Å²) in [6.45, 7) is 3.43. The molecule has 2 N–H and O–H groups in total. The number of nitrogens with zero attached hydrogens (tertiary/aromatic N) is 4. The molecule has 6 nitrogen and oxygen atoms in total. The lowest BCUT2D eigenvalue weighted by Crippen LogP contribution is -2.38. The minimum absolute atomic E-state index is 0.00130. The summed E-state index contributed by atoms with van der Waals surface area (Å²) in [6.07, 6.45) is 3.10. The van der Waals surface area contributed by atoms with Gasteiger partial charge in [0, 0.05) is 18.7 Å². The van der Waals surface area contributed by atoms with E-state index in [1.54, 1.807) is 0 Å². The molecule has 4 rings (SSSR count). The molecule has 0 aliphatic carbocycles. The lowest BCUT2D eigenvalue weighted by Gasteiger charge is -2.30. The van der Waals surface area contributed by atoms with Crippen LogP contribution in [0.4, 0.5) is 5.82 Å². The second kappa shape index (κ2) is 10.4. The third-order valence-electron chi connectivity index (χ3n) is 5.98. The highest BCUT2D eigenvalue weighted by Crippen LogP contribution is 2.42. The number of benzene rings is 2. The van der Waals surface area contributed by atoms with Crippen molar-refractivity contribution in [3.05, 3.63) is 76.9 Å². The number of hydrogen-bond acceptors (Lipinski definition) is 6. The van der Waals surface area contributed by atoms with Crippen LogP contribution in [0.25, 0.3) is 11.1 Å². The number of hydrogen-bond donors (Lipinski definition) is 1. The monoisotopic (exact) mass is 467 g/mol. The minimum Gasteiger partial charge on any atom is -0.383 e. The average molecular weight is 468 g/mol. The first kappa shape index (κ1) is 23.4. The van der Waals surface area contributed by atoms with E-state index in [0.29, 0.717) is 16.2 Å². The second-order valence-electron chi connectivity index (χ2n) is 8.31. The molecule has 1 aromatic heterocycles. The predicted molar refractivity (Wildman–Crippen MR) is 134 cm³/mol. The van der Waals surface area contributed by atoms with Crippen LogP contribution in [0.5, 0.6) is 0 Å². The zero-order valence-corrected chi connectivity index (χ0v) is 19.8. The summed E-state index contributed by atoms with van der Waals surface area (Å²) < 4.78 is 0. The Hall–Kier alpha value is -3.81. The van der Waals surface area contributed by atoms with Crippen LogP contribution in [0.2, 0.25) is 0 Å². The fourth-order valence-electron chi connectivity index (χ4n) is 4.17. The molecular formula is C27H25N5OS. The molecule has 0 bridgehead atoms. The summed E-state index contributed by atoms with van der Waals surface area (Å²) in [6, 6.07) is 21.5. The van der Waals surface area contributed by atoms with E-state index in [9.17, 15) is 15.3 Å². The van der Waals surface area contributed by atoms with E-state index in [0.717, 1.165) is 43.5 Å². The SMILES string of the molecule is Cc1ccc(-c2c(C#N)c(N)nc(SC(C(=O)N3CCCCC3)c3ccccc3)c2C#N)cc1. The Labute approximate surface area is 204 Å². The van der Waals surface area contributed by atoms with E-state index in [4.69, 9.17) is 5.73 Å². The molecule has 0 saturated carbocycles. The molecule has 1 unspecified atom stereocenters. The van der Waals surface area contributed by atoms with Gasteiger partial charge in [0.05, 0.1) is 5.56 Å². The van der Waals surface area contributed by atoms with Gasteiger partial charge in [-0.15, -0.1) is 0 Å². The second-order valence-corrected chi connectivity index (χ2v) is 9.41. The van der Waals surface area contributed by atoms with Crippen molar-refractivity contribution in [3.8, 4) is 23.3 Å². The first-order valence-electron chi connectivity index (χ1n) is 11.2. The summed E-state index contributed by atoms with van der Waals surface area (Å²) in [5, 5.41) is 19.7. The van der Waals surface area contributed by atoms with Gasteiger partial charge in [-0.1, -0.05) is 71.9 Å².